The number of aromatic amines is 1. The number of amides is 2. The zero-order valence-corrected chi connectivity index (χ0v) is 14.7. The second-order valence-electron chi connectivity index (χ2n) is 6.19. The lowest BCUT2D eigenvalue weighted by Gasteiger charge is -2.31. The Kier molecular flexibility index (Phi) is 6.01. The first-order chi connectivity index (χ1) is 11.3. The van der Waals surface area contributed by atoms with Gasteiger partial charge < -0.3 is 20.9 Å². The zero-order valence-electron chi connectivity index (χ0n) is 13.9. The molecule has 1 fully saturated rings. The first-order valence-corrected chi connectivity index (χ1v) is 8.38. The Morgan fingerprint density at radius 3 is 2.79 bits per heavy atom. The second-order valence-corrected chi connectivity index (χ2v) is 6.57. The SMILES string of the molecule is Cc1[nH]c(=O)c(C(=O)NCCN2CCCC(C(N)=O)C2)c(C)c1Cl. The molecule has 1 aromatic heterocycles. The van der Waals surface area contributed by atoms with Crippen molar-refractivity contribution < 1.29 is 9.59 Å². The predicted octanol–water partition coefficient (Wildman–Crippen LogP) is 0.572. The van der Waals surface area contributed by atoms with E-state index in [9.17, 15) is 14.4 Å². The van der Waals surface area contributed by atoms with Crippen LogP contribution >= 0.6 is 11.6 Å². The second kappa shape index (κ2) is 7.81. The van der Waals surface area contributed by atoms with E-state index in [-0.39, 0.29) is 17.4 Å². The van der Waals surface area contributed by atoms with E-state index >= 15 is 0 Å². The zero-order chi connectivity index (χ0) is 17.9. The van der Waals surface area contributed by atoms with Crippen LogP contribution in [0.15, 0.2) is 4.79 Å². The fraction of sp³-hybridized carbons (Fsp3) is 0.562. The summed E-state index contributed by atoms with van der Waals surface area (Å²) in [5.41, 5.74) is 5.97. The van der Waals surface area contributed by atoms with Crippen molar-refractivity contribution in [3.05, 3.63) is 32.2 Å². The largest absolute Gasteiger partial charge is 0.369 e. The molecule has 1 unspecified atom stereocenters. The monoisotopic (exact) mass is 354 g/mol. The summed E-state index contributed by atoms with van der Waals surface area (Å²) in [4.78, 5) is 40.2. The number of aryl methyl sites for hydroxylation is 1. The van der Waals surface area contributed by atoms with Gasteiger partial charge in [-0.1, -0.05) is 11.6 Å². The highest BCUT2D eigenvalue weighted by atomic mass is 35.5. The van der Waals surface area contributed by atoms with E-state index in [1.165, 1.54) is 0 Å². The number of halogens is 1. The van der Waals surface area contributed by atoms with E-state index in [1.807, 2.05) is 0 Å². The van der Waals surface area contributed by atoms with Crippen molar-refractivity contribution in [2.75, 3.05) is 26.2 Å². The smallest absolute Gasteiger partial charge is 0.261 e. The maximum Gasteiger partial charge on any atom is 0.261 e. The van der Waals surface area contributed by atoms with Crippen molar-refractivity contribution in [1.29, 1.82) is 0 Å². The average Bonchev–Trinajstić information content (AvgIpc) is 2.53. The van der Waals surface area contributed by atoms with Crippen molar-refractivity contribution in [3.8, 4) is 0 Å². The van der Waals surface area contributed by atoms with Crippen LogP contribution in [0.25, 0.3) is 0 Å². The molecule has 132 valence electrons. The van der Waals surface area contributed by atoms with Gasteiger partial charge in [0.1, 0.15) is 5.56 Å². The summed E-state index contributed by atoms with van der Waals surface area (Å²) in [6.45, 7) is 5.81. The van der Waals surface area contributed by atoms with Crippen LogP contribution in [0.5, 0.6) is 0 Å². The highest BCUT2D eigenvalue weighted by Gasteiger charge is 2.24. The first-order valence-electron chi connectivity index (χ1n) is 8.00. The van der Waals surface area contributed by atoms with E-state index in [0.717, 1.165) is 19.4 Å². The van der Waals surface area contributed by atoms with Crippen LogP contribution in [0.1, 0.15) is 34.5 Å². The number of pyridine rings is 1. The van der Waals surface area contributed by atoms with Crippen LogP contribution in [0.3, 0.4) is 0 Å². The summed E-state index contributed by atoms with van der Waals surface area (Å²) >= 11 is 6.10. The Morgan fingerprint density at radius 1 is 1.42 bits per heavy atom. The molecule has 0 spiro atoms. The Morgan fingerprint density at radius 2 is 2.12 bits per heavy atom. The number of piperidine rings is 1. The number of H-pyrrole nitrogens is 1. The number of hydrogen-bond donors (Lipinski definition) is 3. The average molecular weight is 355 g/mol. The minimum Gasteiger partial charge on any atom is -0.369 e. The number of rotatable bonds is 5. The molecular formula is C16H23ClN4O3. The highest BCUT2D eigenvalue weighted by Crippen LogP contribution is 2.19. The van der Waals surface area contributed by atoms with Crippen molar-refractivity contribution in [2.45, 2.75) is 26.7 Å². The maximum atomic E-state index is 12.3. The van der Waals surface area contributed by atoms with E-state index in [4.69, 9.17) is 17.3 Å². The minimum absolute atomic E-state index is 0.0410. The number of nitrogens with one attached hydrogen (secondary N) is 2. The summed E-state index contributed by atoms with van der Waals surface area (Å²) in [6.07, 6.45) is 1.72. The van der Waals surface area contributed by atoms with Gasteiger partial charge in [0.2, 0.25) is 5.91 Å². The summed E-state index contributed by atoms with van der Waals surface area (Å²) < 4.78 is 0. The number of nitrogens with zero attached hydrogens (tertiary/aromatic N) is 1. The molecule has 1 aliphatic heterocycles. The minimum atomic E-state index is -0.446. The number of aromatic nitrogens is 1. The number of likely N-dealkylation sites (tertiary alicyclic amines) is 1. The third-order valence-corrected chi connectivity index (χ3v) is 4.98. The number of nitrogens with two attached hydrogens (primary N) is 1. The van der Waals surface area contributed by atoms with Gasteiger partial charge in [0.25, 0.3) is 11.5 Å². The van der Waals surface area contributed by atoms with Gasteiger partial charge in [-0.05, 0) is 38.8 Å². The normalized spacial score (nSPS) is 18.4. The molecule has 2 heterocycles. The lowest BCUT2D eigenvalue weighted by atomic mass is 9.97. The third-order valence-electron chi connectivity index (χ3n) is 4.41. The van der Waals surface area contributed by atoms with Crippen LogP contribution in [-0.2, 0) is 4.79 Å². The first kappa shape index (κ1) is 18.5. The molecule has 24 heavy (non-hydrogen) atoms. The van der Waals surface area contributed by atoms with Gasteiger partial charge in [-0.25, -0.2) is 0 Å². The fourth-order valence-electron chi connectivity index (χ4n) is 3.03. The van der Waals surface area contributed by atoms with Crippen molar-refractivity contribution in [2.24, 2.45) is 11.7 Å². The standard InChI is InChI=1S/C16H23ClN4O3/c1-9-12(16(24)20-10(2)13(9)17)15(23)19-5-7-21-6-3-4-11(8-21)14(18)22/h11H,3-8H2,1-2H3,(H2,18,22)(H,19,23)(H,20,24). The Balaban J connectivity index is 1.94. The van der Waals surface area contributed by atoms with E-state index in [0.29, 0.717) is 35.9 Å². The number of hydrogen-bond acceptors (Lipinski definition) is 4. The van der Waals surface area contributed by atoms with Crippen LogP contribution in [0, 0.1) is 19.8 Å². The van der Waals surface area contributed by atoms with Gasteiger partial charge in [-0.3, -0.25) is 14.4 Å². The molecule has 2 rings (SSSR count). The van der Waals surface area contributed by atoms with Crippen LogP contribution in [0.4, 0.5) is 0 Å². The molecule has 0 aromatic carbocycles. The molecule has 1 atom stereocenters. The van der Waals surface area contributed by atoms with Crippen LogP contribution in [-0.4, -0.2) is 47.9 Å². The molecular weight excluding hydrogens is 332 g/mol. The molecule has 1 aromatic rings. The Bertz CT molecular complexity index is 701. The molecule has 8 heteroatoms. The van der Waals surface area contributed by atoms with Crippen molar-refractivity contribution in [1.82, 2.24) is 15.2 Å². The quantitative estimate of drug-likeness (QED) is 0.718. The molecule has 1 aliphatic rings. The number of carbonyl (C=O) groups excluding carboxylic acids is 2. The van der Waals surface area contributed by atoms with Gasteiger partial charge in [0.15, 0.2) is 0 Å². The topological polar surface area (TPSA) is 108 Å². The number of carbonyl (C=O) groups is 2. The van der Waals surface area contributed by atoms with Gasteiger partial charge >= 0.3 is 0 Å². The summed E-state index contributed by atoms with van der Waals surface area (Å²) in [5.74, 6) is -0.852. The molecule has 2 amide bonds. The van der Waals surface area contributed by atoms with Crippen LogP contribution < -0.4 is 16.6 Å². The Labute approximate surface area is 145 Å². The van der Waals surface area contributed by atoms with Gasteiger partial charge in [0.05, 0.1) is 10.9 Å². The van der Waals surface area contributed by atoms with Crippen molar-refractivity contribution >= 4 is 23.4 Å². The molecule has 1 saturated heterocycles. The molecule has 0 saturated carbocycles. The molecule has 0 radical (unpaired) electrons. The van der Waals surface area contributed by atoms with Gasteiger partial charge in [0, 0.05) is 25.3 Å². The van der Waals surface area contributed by atoms with E-state index in [2.05, 4.69) is 15.2 Å². The highest BCUT2D eigenvalue weighted by molar-refractivity contribution is 6.32. The lowest BCUT2D eigenvalue weighted by Crippen LogP contribution is -2.44. The lowest BCUT2D eigenvalue weighted by molar-refractivity contribution is -0.123. The summed E-state index contributed by atoms with van der Waals surface area (Å²) in [7, 11) is 0. The summed E-state index contributed by atoms with van der Waals surface area (Å²) in [5, 5.41) is 3.13. The Hall–Kier alpha value is -1.86. The molecule has 0 bridgehead atoms. The summed E-state index contributed by atoms with van der Waals surface area (Å²) in [6, 6.07) is 0. The van der Waals surface area contributed by atoms with Gasteiger partial charge in [-0.15, -0.1) is 0 Å². The number of primary amides is 1. The van der Waals surface area contributed by atoms with E-state index < -0.39 is 11.5 Å². The van der Waals surface area contributed by atoms with Gasteiger partial charge in [-0.2, -0.15) is 0 Å². The molecule has 7 nitrogen and oxygen atoms in total. The van der Waals surface area contributed by atoms with Crippen LogP contribution in [0.2, 0.25) is 5.02 Å². The van der Waals surface area contributed by atoms with Crippen molar-refractivity contribution in [3.63, 3.8) is 0 Å². The predicted molar refractivity (Wildman–Crippen MR) is 92.2 cm³/mol. The third kappa shape index (κ3) is 4.15. The maximum absolute atomic E-state index is 12.3. The molecule has 0 aliphatic carbocycles. The molecule has 4 N–H and O–H groups in total. The van der Waals surface area contributed by atoms with E-state index in [1.54, 1.807) is 13.8 Å². The fourth-order valence-corrected chi connectivity index (χ4v) is 3.17.